The molecule has 0 aliphatic heterocycles. The molecule has 3 aromatic heterocycles. The second-order valence-corrected chi connectivity index (χ2v) is 8.18. The first-order chi connectivity index (χ1) is 16.0. The predicted octanol–water partition coefficient (Wildman–Crippen LogP) is 3.52. The Morgan fingerprint density at radius 3 is 2.67 bits per heavy atom. The van der Waals surface area contributed by atoms with E-state index in [9.17, 15) is 14.0 Å². The van der Waals surface area contributed by atoms with Crippen molar-refractivity contribution in [1.82, 2.24) is 19.3 Å². The van der Waals surface area contributed by atoms with Crippen molar-refractivity contribution in [2.75, 3.05) is 7.11 Å². The second-order valence-electron chi connectivity index (χ2n) is 7.27. The van der Waals surface area contributed by atoms with Crippen LogP contribution in [0.1, 0.15) is 11.5 Å². The van der Waals surface area contributed by atoms with Crippen LogP contribution >= 0.6 is 11.3 Å². The van der Waals surface area contributed by atoms with Crippen LogP contribution in [0.25, 0.3) is 21.6 Å². The van der Waals surface area contributed by atoms with E-state index in [2.05, 4.69) is 10.1 Å². The molecule has 0 N–H and O–H groups in total. The predicted molar refractivity (Wildman–Crippen MR) is 121 cm³/mol. The maximum atomic E-state index is 13.3. The third-order valence-electron chi connectivity index (χ3n) is 5.18. The molecule has 10 heteroatoms. The fourth-order valence-corrected chi connectivity index (χ4v) is 4.39. The topological polar surface area (TPSA) is 92.2 Å². The van der Waals surface area contributed by atoms with Crippen molar-refractivity contribution in [3.05, 3.63) is 98.1 Å². The van der Waals surface area contributed by atoms with Crippen molar-refractivity contribution in [2.45, 2.75) is 13.1 Å². The highest BCUT2D eigenvalue weighted by Crippen LogP contribution is 2.19. The van der Waals surface area contributed by atoms with Crippen molar-refractivity contribution in [2.24, 2.45) is 0 Å². The van der Waals surface area contributed by atoms with Crippen molar-refractivity contribution in [3.8, 4) is 17.1 Å². The molecule has 5 rings (SSSR count). The van der Waals surface area contributed by atoms with Gasteiger partial charge in [-0.3, -0.25) is 13.9 Å². The third-order valence-corrected chi connectivity index (χ3v) is 6.07. The Morgan fingerprint density at radius 2 is 1.88 bits per heavy atom. The number of hydrogen-bond acceptors (Lipinski definition) is 7. The first kappa shape index (κ1) is 20.8. The number of halogens is 1. The zero-order chi connectivity index (χ0) is 22.9. The molecular formula is C23H17FN4O4S. The molecule has 0 saturated carbocycles. The molecule has 166 valence electrons. The van der Waals surface area contributed by atoms with Crippen LogP contribution in [-0.2, 0) is 13.1 Å². The number of rotatable bonds is 6. The van der Waals surface area contributed by atoms with Crippen LogP contribution in [0.5, 0.6) is 5.75 Å². The lowest BCUT2D eigenvalue weighted by molar-refractivity contribution is 0.369. The largest absolute Gasteiger partial charge is 0.497 e. The Morgan fingerprint density at radius 1 is 1.06 bits per heavy atom. The highest BCUT2D eigenvalue weighted by atomic mass is 32.1. The van der Waals surface area contributed by atoms with Gasteiger partial charge < -0.3 is 9.26 Å². The Bertz CT molecular complexity index is 1570. The molecule has 0 unspecified atom stereocenters. The maximum Gasteiger partial charge on any atom is 0.332 e. The van der Waals surface area contributed by atoms with E-state index in [1.165, 1.54) is 32.6 Å². The molecule has 8 nitrogen and oxygen atoms in total. The van der Waals surface area contributed by atoms with Gasteiger partial charge in [0.2, 0.25) is 11.7 Å². The molecule has 5 aromatic rings. The minimum Gasteiger partial charge on any atom is -0.497 e. The smallest absolute Gasteiger partial charge is 0.332 e. The van der Waals surface area contributed by atoms with E-state index in [-0.39, 0.29) is 36.2 Å². The van der Waals surface area contributed by atoms with Gasteiger partial charge in [0.05, 0.1) is 19.2 Å². The van der Waals surface area contributed by atoms with Crippen molar-refractivity contribution >= 4 is 21.6 Å². The first-order valence-corrected chi connectivity index (χ1v) is 10.8. The lowest BCUT2D eigenvalue weighted by Gasteiger charge is -2.11. The number of thiophene rings is 1. The number of benzene rings is 2. The van der Waals surface area contributed by atoms with Crippen molar-refractivity contribution < 1.29 is 13.7 Å². The second kappa shape index (κ2) is 8.47. The highest BCUT2D eigenvalue weighted by Gasteiger charge is 2.18. The van der Waals surface area contributed by atoms with E-state index in [0.717, 1.165) is 5.56 Å². The van der Waals surface area contributed by atoms with Crippen molar-refractivity contribution in [3.63, 3.8) is 0 Å². The first-order valence-electron chi connectivity index (χ1n) is 9.96. The zero-order valence-electron chi connectivity index (χ0n) is 17.4. The minimum absolute atomic E-state index is 0.0152. The number of fused-ring (bicyclic) bond motifs is 1. The van der Waals surface area contributed by atoms with E-state index < -0.39 is 5.69 Å². The zero-order valence-corrected chi connectivity index (χ0v) is 18.2. The van der Waals surface area contributed by atoms with Crippen LogP contribution in [0.2, 0.25) is 0 Å². The van der Waals surface area contributed by atoms with Gasteiger partial charge in [-0.05, 0) is 53.4 Å². The molecule has 0 fully saturated rings. The van der Waals surface area contributed by atoms with Crippen LogP contribution < -0.4 is 16.0 Å². The summed E-state index contributed by atoms with van der Waals surface area (Å²) in [5, 5.41) is 5.69. The Labute approximate surface area is 190 Å². The molecular weight excluding hydrogens is 447 g/mol. The molecule has 3 heterocycles. The summed E-state index contributed by atoms with van der Waals surface area (Å²) in [7, 11) is 1.56. The summed E-state index contributed by atoms with van der Waals surface area (Å²) in [4.78, 5) is 30.7. The van der Waals surface area contributed by atoms with E-state index >= 15 is 0 Å². The summed E-state index contributed by atoms with van der Waals surface area (Å²) in [6.07, 6.45) is 0. The van der Waals surface area contributed by atoms with Crippen molar-refractivity contribution in [1.29, 1.82) is 0 Å². The molecule has 0 saturated heterocycles. The fourth-order valence-electron chi connectivity index (χ4n) is 3.55. The molecule has 0 aliphatic carbocycles. The summed E-state index contributed by atoms with van der Waals surface area (Å²) in [6.45, 7) is 0.0754. The molecule has 0 radical (unpaired) electrons. The quantitative estimate of drug-likeness (QED) is 0.382. The Kier molecular flexibility index (Phi) is 5.35. The van der Waals surface area contributed by atoms with Gasteiger partial charge in [-0.1, -0.05) is 17.3 Å². The lowest BCUT2D eigenvalue weighted by Crippen LogP contribution is -2.40. The minimum atomic E-state index is -0.491. The Balaban J connectivity index is 1.55. The van der Waals surface area contributed by atoms with Gasteiger partial charge in [-0.15, -0.1) is 11.3 Å². The van der Waals surface area contributed by atoms with Crippen LogP contribution in [0.15, 0.2) is 74.1 Å². The van der Waals surface area contributed by atoms with Gasteiger partial charge in [0.1, 0.15) is 22.8 Å². The van der Waals surface area contributed by atoms with Crippen LogP contribution in [-0.4, -0.2) is 26.4 Å². The summed E-state index contributed by atoms with van der Waals surface area (Å²) >= 11 is 1.26. The number of ether oxygens (including phenoxy) is 1. The number of nitrogens with zero attached hydrogens (tertiary/aromatic N) is 4. The van der Waals surface area contributed by atoms with Crippen LogP contribution in [0.3, 0.4) is 0 Å². The molecule has 0 amide bonds. The van der Waals surface area contributed by atoms with Gasteiger partial charge in [-0.2, -0.15) is 4.98 Å². The maximum absolute atomic E-state index is 13.3. The molecule has 0 aliphatic rings. The van der Waals surface area contributed by atoms with E-state index in [1.807, 2.05) is 6.07 Å². The summed E-state index contributed by atoms with van der Waals surface area (Å²) in [5.41, 5.74) is 0.991. The van der Waals surface area contributed by atoms with Gasteiger partial charge in [0, 0.05) is 5.56 Å². The van der Waals surface area contributed by atoms with E-state index in [0.29, 0.717) is 21.5 Å². The molecule has 2 aromatic carbocycles. The molecule has 33 heavy (non-hydrogen) atoms. The fraction of sp³-hybridized carbons (Fsp3) is 0.130. The molecule has 0 bridgehead atoms. The normalized spacial score (nSPS) is 11.2. The molecule has 0 atom stereocenters. The average Bonchev–Trinajstić information content (AvgIpc) is 3.50. The SMILES string of the molecule is COc1cccc(Cn2c(=O)c3sccc3n(Cc3nc(-c4ccc(F)cc4)no3)c2=O)c1. The summed E-state index contributed by atoms with van der Waals surface area (Å²) in [6, 6.07) is 14.6. The highest BCUT2D eigenvalue weighted by molar-refractivity contribution is 7.17. The average molecular weight is 464 g/mol. The standard InChI is InChI=1S/C23H17FN4O4S/c1-31-17-4-2-3-14(11-17)12-28-22(29)20-18(9-10-33-20)27(23(28)30)13-19-25-21(26-32-19)15-5-7-16(24)8-6-15/h2-11H,12-13H2,1H3. The monoisotopic (exact) mass is 464 g/mol. The number of methoxy groups -OCH3 is 1. The number of hydrogen-bond donors (Lipinski definition) is 0. The van der Waals surface area contributed by atoms with E-state index in [4.69, 9.17) is 9.26 Å². The van der Waals surface area contributed by atoms with Gasteiger partial charge >= 0.3 is 5.69 Å². The third kappa shape index (κ3) is 3.96. The van der Waals surface area contributed by atoms with Gasteiger partial charge in [-0.25, -0.2) is 9.18 Å². The molecule has 0 spiro atoms. The van der Waals surface area contributed by atoms with Gasteiger partial charge in [0.15, 0.2) is 0 Å². The van der Waals surface area contributed by atoms with Crippen LogP contribution in [0.4, 0.5) is 4.39 Å². The number of aromatic nitrogens is 4. The van der Waals surface area contributed by atoms with Gasteiger partial charge in [0.25, 0.3) is 5.56 Å². The lowest BCUT2D eigenvalue weighted by atomic mass is 10.2. The van der Waals surface area contributed by atoms with E-state index in [1.54, 1.807) is 48.9 Å². The Hall–Kier alpha value is -4.05. The van der Waals surface area contributed by atoms with Crippen LogP contribution in [0, 0.1) is 5.82 Å². The summed E-state index contributed by atoms with van der Waals surface area (Å²) in [5.74, 6) is 0.740. The summed E-state index contributed by atoms with van der Waals surface area (Å²) < 4.78 is 26.8.